The summed E-state index contributed by atoms with van der Waals surface area (Å²) in [4.78, 5) is 0.0349. The Hall–Kier alpha value is -1.92. The molecule has 120 valence electrons. The third kappa shape index (κ3) is 2.16. The Labute approximate surface area is 136 Å². The number of rotatable bonds is 5. The maximum absolute atomic E-state index is 13.1. The molecule has 6 heteroatoms. The van der Waals surface area contributed by atoms with Crippen LogP contribution in [0.3, 0.4) is 0 Å². The molecule has 1 unspecified atom stereocenters. The molecule has 0 aromatic heterocycles. The van der Waals surface area contributed by atoms with Crippen molar-refractivity contribution in [3.63, 3.8) is 0 Å². The van der Waals surface area contributed by atoms with Gasteiger partial charge in [0.15, 0.2) is 23.8 Å². The predicted octanol–water partition coefficient (Wildman–Crippen LogP) is 2.84. The smallest absolute Gasteiger partial charge is 0.199 e. The highest BCUT2D eigenvalue weighted by atomic mass is 32.3. The molecule has 0 radical (unpaired) electrons. The zero-order chi connectivity index (χ0) is 16.7. The van der Waals surface area contributed by atoms with Gasteiger partial charge in [-0.05, 0) is 30.7 Å². The van der Waals surface area contributed by atoms with E-state index in [0.717, 1.165) is 0 Å². The minimum Gasteiger partial charge on any atom is -0.222 e. The molecule has 0 bridgehead atoms. The molecule has 23 heavy (non-hydrogen) atoms. The molecule has 1 aliphatic carbocycles. The van der Waals surface area contributed by atoms with Gasteiger partial charge in [0.2, 0.25) is 0 Å². The van der Waals surface area contributed by atoms with Gasteiger partial charge in [-0.2, -0.15) is 0 Å². The van der Waals surface area contributed by atoms with Crippen LogP contribution in [-0.2, 0) is 19.7 Å². The fraction of sp³-hybridized carbons (Fsp3) is 0.176. The normalized spacial score (nSPS) is 19.9. The van der Waals surface area contributed by atoms with Crippen molar-refractivity contribution in [1.82, 2.24) is 0 Å². The van der Waals surface area contributed by atoms with Crippen molar-refractivity contribution in [2.75, 3.05) is 0 Å². The molecule has 3 rings (SSSR count). The molecule has 1 atom stereocenters. The van der Waals surface area contributed by atoms with Crippen LogP contribution in [0.2, 0.25) is 0 Å². The van der Waals surface area contributed by atoms with Gasteiger partial charge in [0.05, 0.1) is 9.79 Å². The monoisotopic (exact) mass is 348 g/mol. The summed E-state index contributed by atoms with van der Waals surface area (Å²) < 4.78 is 50.5. The summed E-state index contributed by atoms with van der Waals surface area (Å²) in [5.74, 6) is -0.613. The van der Waals surface area contributed by atoms with Crippen molar-refractivity contribution in [3.05, 3.63) is 73.3 Å². The number of benzene rings is 2. The summed E-state index contributed by atoms with van der Waals surface area (Å²) >= 11 is 0. The first kappa shape index (κ1) is 16.0. The second kappa shape index (κ2) is 5.32. The predicted molar refractivity (Wildman–Crippen MR) is 88.3 cm³/mol. The Bertz CT molecular complexity index is 861. The molecular formula is C17H16O4S2. The fourth-order valence-corrected chi connectivity index (χ4v) is 8.22. The van der Waals surface area contributed by atoms with Gasteiger partial charge in [0.1, 0.15) is 0 Å². The molecule has 0 amide bonds. The lowest BCUT2D eigenvalue weighted by Gasteiger charge is -2.18. The lowest BCUT2D eigenvalue weighted by Crippen LogP contribution is -2.35. The van der Waals surface area contributed by atoms with Crippen LogP contribution in [0.15, 0.2) is 83.1 Å². The Morgan fingerprint density at radius 1 is 0.826 bits per heavy atom. The van der Waals surface area contributed by atoms with Crippen LogP contribution in [0.4, 0.5) is 0 Å². The van der Waals surface area contributed by atoms with Crippen LogP contribution in [0.5, 0.6) is 0 Å². The van der Waals surface area contributed by atoms with E-state index in [-0.39, 0.29) is 16.2 Å². The van der Waals surface area contributed by atoms with Crippen molar-refractivity contribution in [1.29, 1.82) is 0 Å². The first-order chi connectivity index (χ1) is 10.9. The Kier molecular flexibility index (Phi) is 3.69. The van der Waals surface area contributed by atoms with Gasteiger partial charge in [-0.15, -0.1) is 6.58 Å². The fourth-order valence-electron chi connectivity index (χ4n) is 2.87. The molecule has 0 heterocycles. The largest absolute Gasteiger partial charge is 0.222 e. The highest BCUT2D eigenvalue weighted by Crippen LogP contribution is 2.58. The van der Waals surface area contributed by atoms with Gasteiger partial charge >= 0.3 is 0 Å². The van der Waals surface area contributed by atoms with Crippen molar-refractivity contribution in [2.24, 2.45) is 5.92 Å². The van der Waals surface area contributed by atoms with Gasteiger partial charge in [0, 0.05) is 5.92 Å². The van der Waals surface area contributed by atoms with Gasteiger partial charge in [0.25, 0.3) is 0 Å². The molecule has 0 N–H and O–H groups in total. The molecule has 1 saturated carbocycles. The lowest BCUT2D eigenvalue weighted by atomic mass is 10.4. The Morgan fingerprint density at radius 2 is 1.22 bits per heavy atom. The maximum Gasteiger partial charge on any atom is 0.199 e. The number of allylic oxidation sites excluding steroid dienone is 1. The highest BCUT2D eigenvalue weighted by molar-refractivity contribution is 8.10. The van der Waals surface area contributed by atoms with E-state index in [0.29, 0.717) is 0 Å². The van der Waals surface area contributed by atoms with E-state index in [4.69, 9.17) is 0 Å². The zero-order valence-electron chi connectivity index (χ0n) is 12.3. The van der Waals surface area contributed by atoms with E-state index in [9.17, 15) is 16.8 Å². The Morgan fingerprint density at radius 3 is 1.52 bits per heavy atom. The van der Waals surface area contributed by atoms with Crippen molar-refractivity contribution in [3.8, 4) is 0 Å². The van der Waals surface area contributed by atoms with Crippen LogP contribution in [-0.4, -0.2) is 20.9 Å². The topological polar surface area (TPSA) is 68.3 Å². The van der Waals surface area contributed by atoms with Gasteiger partial charge < -0.3 is 0 Å². The molecule has 4 nitrogen and oxygen atoms in total. The molecule has 2 aromatic rings. The first-order valence-electron chi connectivity index (χ1n) is 7.10. The third-order valence-electron chi connectivity index (χ3n) is 4.21. The molecule has 0 spiro atoms. The molecule has 2 aromatic carbocycles. The molecule has 0 saturated heterocycles. The summed E-state index contributed by atoms with van der Waals surface area (Å²) in [5.41, 5.74) is 0. The van der Waals surface area contributed by atoms with E-state index >= 15 is 0 Å². The van der Waals surface area contributed by atoms with Gasteiger partial charge in [-0.1, -0.05) is 42.5 Å². The van der Waals surface area contributed by atoms with E-state index in [1.54, 1.807) is 36.4 Å². The standard InChI is InChI=1S/C17H16O4S2/c1-2-14-13-17(14,22(18,19)15-9-5-3-6-10-15)23(20,21)16-11-7-4-8-12-16/h2-12,14H,1,13H2. The summed E-state index contributed by atoms with van der Waals surface area (Å²) in [5, 5.41) is 0. The van der Waals surface area contributed by atoms with Gasteiger partial charge in [-0.3, -0.25) is 0 Å². The van der Waals surface area contributed by atoms with E-state index in [1.165, 1.54) is 30.3 Å². The second-order valence-corrected chi connectivity index (χ2v) is 10.2. The summed E-state index contributed by atoms with van der Waals surface area (Å²) in [6.07, 6.45) is 1.45. The average Bonchev–Trinajstić information content (AvgIpc) is 3.34. The van der Waals surface area contributed by atoms with Crippen molar-refractivity contribution < 1.29 is 16.8 Å². The molecule has 1 fully saturated rings. The van der Waals surface area contributed by atoms with Crippen molar-refractivity contribution >= 4 is 19.7 Å². The van der Waals surface area contributed by atoms with Gasteiger partial charge in [-0.25, -0.2) is 16.8 Å². The van der Waals surface area contributed by atoms with E-state index < -0.39 is 29.7 Å². The van der Waals surface area contributed by atoms with Crippen LogP contribution in [0.25, 0.3) is 0 Å². The maximum atomic E-state index is 13.1. The van der Waals surface area contributed by atoms with Crippen molar-refractivity contribution in [2.45, 2.75) is 20.3 Å². The molecule has 0 aliphatic heterocycles. The lowest BCUT2D eigenvalue weighted by molar-refractivity contribution is 0.570. The number of hydrogen-bond donors (Lipinski definition) is 0. The molecule has 1 aliphatic rings. The minimum atomic E-state index is -4.05. The van der Waals surface area contributed by atoms with Crippen LogP contribution >= 0.6 is 0 Å². The van der Waals surface area contributed by atoms with Crippen LogP contribution in [0.1, 0.15) is 6.42 Å². The van der Waals surface area contributed by atoms with Crippen LogP contribution in [0, 0.1) is 5.92 Å². The highest BCUT2D eigenvalue weighted by Gasteiger charge is 2.71. The second-order valence-electron chi connectivity index (χ2n) is 5.49. The summed E-state index contributed by atoms with van der Waals surface area (Å²) in [6.45, 7) is 3.60. The molecular weight excluding hydrogens is 332 g/mol. The number of hydrogen-bond acceptors (Lipinski definition) is 4. The van der Waals surface area contributed by atoms with Crippen LogP contribution < -0.4 is 0 Å². The Balaban J connectivity index is 2.23. The SMILES string of the molecule is C=CC1CC1(S(=O)(=O)c1ccccc1)S(=O)(=O)c1ccccc1. The average molecular weight is 348 g/mol. The quantitative estimate of drug-likeness (QED) is 0.779. The number of sulfone groups is 2. The summed E-state index contributed by atoms with van der Waals surface area (Å²) in [7, 11) is -8.11. The van der Waals surface area contributed by atoms with E-state index in [2.05, 4.69) is 6.58 Å². The zero-order valence-corrected chi connectivity index (χ0v) is 13.9. The third-order valence-corrected chi connectivity index (χ3v) is 10.1. The van der Waals surface area contributed by atoms with E-state index in [1.807, 2.05) is 0 Å². The minimum absolute atomic E-state index is 0.0175. The first-order valence-corrected chi connectivity index (χ1v) is 10.1. The summed E-state index contributed by atoms with van der Waals surface area (Å²) in [6, 6.07) is 15.4.